The minimum Gasteiger partial charge on any atom is -0.256 e. The molecule has 0 atom stereocenters. The maximum absolute atomic E-state index is 4.69. The predicted octanol–water partition coefficient (Wildman–Crippen LogP) is 6.39. The van der Waals surface area contributed by atoms with Gasteiger partial charge in [0, 0.05) is 17.3 Å². The van der Waals surface area contributed by atoms with Crippen molar-refractivity contribution in [3.8, 4) is 33.5 Å². The van der Waals surface area contributed by atoms with Gasteiger partial charge >= 0.3 is 0 Å². The topological polar surface area (TPSA) is 12.9 Å². The molecule has 0 bridgehead atoms. The molecule has 4 rings (SSSR count). The van der Waals surface area contributed by atoms with Crippen molar-refractivity contribution in [1.82, 2.24) is 4.98 Å². The number of hydrogen-bond donors (Lipinski definition) is 0. The molecule has 0 aliphatic heterocycles. The molecule has 0 fully saturated rings. The summed E-state index contributed by atoms with van der Waals surface area (Å²) in [4.78, 5) is 4.69. The van der Waals surface area contributed by atoms with Gasteiger partial charge in [0.1, 0.15) is 0 Å². The number of aryl methyl sites for hydroxylation is 1. The maximum atomic E-state index is 4.69. The Morgan fingerprint density at radius 1 is 0.560 bits per heavy atom. The highest BCUT2D eigenvalue weighted by molar-refractivity contribution is 5.75. The van der Waals surface area contributed by atoms with Gasteiger partial charge in [0.25, 0.3) is 0 Å². The van der Waals surface area contributed by atoms with Crippen LogP contribution >= 0.6 is 0 Å². The minimum absolute atomic E-state index is 1.01. The summed E-state index contributed by atoms with van der Waals surface area (Å²) in [5, 5.41) is 0. The highest BCUT2D eigenvalue weighted by atomic mass is 14.7. The molecule has 4 aromatic rings. The molecule has 1 aromatic heterocycles. The summed E-state index contributed by atoms with van der Waals surface area (Å²) in [7, 11) is 0. The molecule has 0 aliphatic carbocycles. The van der Waals surface area contributed by atoms with Crippen molar-refractivity contribution in [2.75, 3.05) is 0 Å². The Balaban J connectivity index is 1.73. The van der Waals surface area contributed by atoms with Gasteiger partial charge in [0.15, 0.2) is 0 Å². The zero-order chi connectivity index (χ0) is 17.1. The van der Waals surface area contributed by atoms with Crippen LogP contribution in [0.25, 0.3) is 33.5 Å². The molecular formula is C24H19N. The van der Waals surface area contributed by atoms with Gasteiger partial charge in [-0.2, -0.15) is 0 Å². The molecule has 0 radical (unpaired) electrons. The van der Waals surface area contributed by atoms with Gasteiger partial charge in [0.2, 0.25) is 0 Å². The van der Waals surface area contributed by atoms with Gasteiger partial charge in [0.05, 0.1) is 5.69 Å². The number of rotatable bonds is 3. The second-order valence-electron chi connectivity index (χ2n) is 6.20. The molecule has 1 nitrogen and oxygen atoms in total. The summed E-state index contributed by atoms with van der Waals surface area (Å²) in [6, 6.07) is 31.6. The average Bonchev–Trinajstić information content (AvgIpc) is 2.69. The van der Waals surface area contributed by atoms with Crippen LogP contribution in [0.4, 0.5) is 0 Å². The van der Waals surface area contributed by atoms with Gasteiger partial charge in [-0.25, -0.2) is 0 Å². The van der Waals surface area contributed by atoms with Crippen LogP contribution in [-0.2, 0) is 0 Å². The van der Waals surface area contributed by atoms with E-state index in [0.29, 0.717) is 0 Å². The van der Waals surface area contributed by atoms with Gasteiger partial charge in [-0.1, -0.05) is 78.9 Å². The van der Waals surface area contributed by atoms with Crippen molar-refractivity contribution >= 4 is 0 Å². The Morgan fingerprint density at radius 2 is 1.16 bits per heavy atom. The Hall–Kier alpha value is -3.19. The SMILES string of the molecule is Cc1cc(-c2ccccc2)ncc1-c1cccc(-c2ccccc2)c1. The summed E-state index contributed by atoms with van der Waals surface area (Å²) in [6.07, 6.45) is 1.99. The number of aromatic nitrogens is 1. The fraction of sp³-hybridized carbons (Fsp3) is 0.0417. The molecule has 120 valence electrons. The Bertz CT molecular complexity index is 989. The highest BCUT2D eigenvalue weighted by Gasteiger charge is 2.07. The second-order valence-corrected chi connectivity index (χ2v) is 6.20. The van der Waals surface area contributed by atoms with Crippen LogP contribution < -0.4 is 0 Å². The Labute approximate surface area is 148 Å². The van der Waals surface area contributed by atoms with Crippen molar-refractivity contribution in [3.63, 3.8) is 0 Å². The molecule has 25 heavy (non-hydrogen) atoms. The molecule has 0 saturated carbocycles. The second kappa shape index (κ2) is 6.74. The molecule has 0 amide bonds. The van der Waals surface area contributed by atoms with Crippen LogP contribution in [0.3, 0.4) is 0 Å². The number of nitrogens with zero attached hydrogens (tertiary/aromatic N) is 1. The first-order valence-corrected chi connectivity index (χ1v) is 8.49. The maximum Gasteiger partial charge on any atom is 0.0705 e. The molecule has 0 N–H and O–H groups in total. The van der Waals surface area contributed by atoms with Crippen molar-refractivity contribution in [2.45, 2.75) is 6.92 Å². The third kappa shape index (κ3) is 3.22. The standard InChI is InChI=1S/C24H19N/c1-18-15-24(20-11-6-3-7-12-20)25-17-23(18)22-14-8-13-21(16-22)19-9-4-2-5-10-19/h2-17H,1H3. The molecular weight excluding hydrogens is 302 g/mol. The summed E-state index contributed by atoms with van der Waals surface area (Å²) in [6.45, 7) is 2.15. The van der Waals surface area contributed by atoms with E-state index in [-0.39, 0.29) is 0 Å². The largest absolute Gasteiger partial charge is 0.256 e. The lowest BCUT2D eigenvalue weighted by Crippen LogP contribution is -1.90. The average molecular weight is 321 g/mol. The predicted molar refractivity (Wildman–Crippen MR) is 105 cm³/mol. The Morgan fingerprint density at radius 3 is 1.84 bits per heavy atom. The van der Waals surface area contributed by atoms with Gasteiger partial charge in [-0.3, -0.25) is 4.98 Å². The van der Waals surface area contributed by atoms with Gasteiger partial charge in [-0.15, -0.1) is 0 Å². The van der Waals surface area contributed by atoms with E-state index in [2.05, 4.69) is 78.6 Å². The van der Waals surface area contributed by atoms with Gasteiger partial charge < -0.3 is 0 Å². The molecule has 0 unspecified atom stereocenters. The first kappa shape index (κ1) is 15.3. The molecule has 0 saturated heterocycles. The van der Waals surface area contributed by atoms with Crippen molar-refractivity contribution in [1.29, 1.82) is 0 Å². The molecule has 0 aliphatic rings. The third-order valence-electron chi connectivity index (χ3n) is 4.46. The zero-order valence-electron chi connectivity index (χ0n) is 14.2. The molecule has 3 aromatic carbocycles. The van der Waals surface area contributed by atoms with Gasteiger partial charge in [-0.05, 0) is 41.3 Å². The lowest BCUT2D eigenvalue weighted by Gasteiger charge is -2.10. The van der Waals surface area contributed by atoms with E-state index >= 15 is 0 Å². The van der Waals surface area contributed by atoms with Crippen LogP contribution in [0.5, 0.6) is 0 Å². The van der Waals surface area contributed by atoms with E-state index in [1.807, 2.05) is 30.5 Å². The molecule has 1 heterocycles. The molecule has 1 heteroatoms. The summed E-state index contributed by atoms with van der Waals surface area (Å²) < 4.78 is 0. The summed E-state index contributed by atoms with van der Waals surface area (Å²) in [5.74, 6) is 0. The lowest BCUT2D eigenvalue weighted by atomic mass is 9.97. The van der Waals surface area contributed by atoms with E-state index in [1.54, 1.807) is 0 Å². The first-order valence-electron chi connectivity index (χ1n) is 8.49. The monoisotopic (exact) mass is 321 g/mol. The van der Waals surface area contributed by atoms with Crippen LogP contribution in [0.15, 0.2) is 97.2 Å². The smallest absolute Gasteiger partial charge is 0.0705 e. The summed E-state index contributed by atoms with van der Waals surface area (Å²) >= 11 is 0. The summed E-state index contributed by atoms with van der Waals surface area (Å²) in [5.41, 5.74) is 8.24. The number of benzene rings is 3. The highest BCUT2D eigenvalue weighted by Crippen LogP contribution is 2.29. The normalized spacial score (nSPS) is 10.6. The quantitative estimate of drug-likeness (QED) is 0.426. The fourth-order valence-electron chi connectivity index (χ4n) is 3.12. The van der Waals surface area contributed by atoms with Crippen molar-refractivity contribution in [2.24, 2.45) is 0 Å². The lowest BCUT2D eigenvalue weighted by molar-refractivity contribution is 1.29. The van der Waals surface area contributed by atoms with Crippen LogP contribution in [-0.4, -0.2) is 4.98 Å². The number of pyridine rings is 1. The number of hydrogen-bond acceptors (Lipinski definition) is 1. The van der Waals surface area contributed by atoms with E-state index in [4.69, 9.17) is 0 Å². The minimum atomic E-state index is 1.01. The van der Waals surface area contributed by atoms with Crippen molar-refractivity contribution < 1.29 is 0 Å². The molecule has 0 spiro atoms. The fourth-order valence-corrected chi connectivity index (χ4v) is 3.12. The Kier molecular flexibility index (Phi) is 4.14. The van der Waals surface area contributed by atoms with Crippen LogP contribution in [0, 0.1) is 6.92 Å². The van der Waals surface area contributed by atoms with E-state index < -0.39 is 0 Å². The van der Waals surface area contributed by atoms with E-state index in [1.165, 1.54) is 27.8 Å². The van der Waals surface area contributed by atoms with Crippen molar-refractivity contribution in [3.05, 3.63) is 103 Å². The van der Waals surface area contributed by atoms with Crippen LogP contribution in [0.1, 0.15) is 5.56 Å². The van der Waals surface area contributed by atoms with E-state index in [9.17, 15) is 0 Å². The third-order valence-corrected chi connectivity index (χ3v) is 4.46. The van der Waals surface area contributed by atoms with E-state index in [0.717, 1.165) is 11.3 Å². The first-order chi connectivity index (χ1) is 12.3. The van der Waals surface area contributed by atoms with Crippen LogP contribution in [0.2, 0.25) is 0 Å². The zero-order valence-corrected chi connectivity index (χ0v) is 14.2.